The number of rotatable bonds is 1. The van der Waals surface area contributed by atoms with Crippen LogP contribution in [0, 0.1) is 0 Å². The average molecular weight is 171 g/mol. The van der Waals surface area contributed by atoms with E-state index in [2.05, 4.69) is 9.59 Å². The summed E-state index contributed by atoms with van der Waals surface area (Å²) in [5, 5.41) is 5.83. The molecule has 1 aromatic rings. The molecule has 1 aliphatic rings. The van der Waals surface area contributed by atoms with Crippen LogP contribution in [0.25, 0.3) is 0 Å². The molecule has 2 rings (SSSR count). The molecule has 1 aromatic heterocycles. The van der Waals surface area contributed by atoms with E-state index in [0.717, 1.165) is 12.1 Å². The van der Waals surface area contributed by atoms with Crippen molar-refractivity contribution < 1.29 is 4.74 Å². The molecule has 2 atom stereocenters. The van der Waals surface area contributed by atoms with Crippen molar-refractivity contribution in [1.29, 1.82) is 0 Å². The Labute approximate surface area is 68.5 Å². The Balaban J connectivity index is 2.08. The molecule has 11 heavy (non-hydrogen) atoms. The quantitative estimate of drug-likeness (QED) is 0.661. The number of nitrogens with zero attached hydrogens (tertiary/aromatic N) is 2. The van der Waals surface area contributed by atoms with Gasteiger partial charge in [-0.1, -0.05) is 4.49 Å². The molecule has 0 amide bonds. The van der Waals surface area contributed by atoms with Gasteiger partial charge in [-0.05, 0) is 18.0 Å². The van der Waals surface area contributed by atoms with E-state index in [9.17, 15) is 0 Å². The third kappa shape index (κ3) is 1.40. The van der Waals surface area contributed by atoms with Crippen LogP contribution in [0.15, 0.2) is 5.38 Å². The third-order valence-corrected chi connectivity index (χ3v) is 2.26. The molecule has 5 heteroatoms. The molecule has 0 aliphatic carbocycles. The molecule has 2 heterocycles. The zero-order valence-corrected chi connectivity index (χ0v) is 6.75. The lowest BCUT2D eigenvalue weighted by Gasteiger charge is -2.02. The van der Waals surface area contributed by atoms with Gasteiger partial charge in [-0.15, -0.1) is 5.10 Å². The molecule has 1 aliphatic heterocycles. The van der Waals surface area contributed by atoms with Gasteiger partial charge in [0.15, 0.2) is 0 Å². The molecule has 2 unspecified atom stereocenters. The summed E-state index contributed by atoms with van der Waals surface area (Å²) in [4.78, 5) is 0. The van der Waals surface area contributed by atoms with Crippen LogP contribution in [0.1, 0.15) is 18.2 Å². The topological polar surface area (TPSA) is 61.0 Å². The summed E-state index contributed by atoms with van der Waals surface area (Å²) in [6.07, 6.45) is 0.953. The fraction of sp³-hybridized carbons (Fsp3) is 0.667. The molecule has 0 saturated carbocycles. The molecular weight excluding hydrogens is 162 g/mol. The Kier molecular flexibility index (Phi) is 1.85. The van der Waals surface area contributed by atoms with E-state index in [1.54, 1.807) is 0 Å². The lowest BCUT2D eigenvalue weighted by atomic mass is 10.1. The average Bonchev–Trinajstić information content (AvgIpc) is 2.55. The van der Waals surface area contributed by atoms with Crippen LogP contribution >= 0.6 is 11.5 Å². The van der Waals surface area contributed by atoms with Gasteiger partial charge < -0.3 is 10.5 Å². The predicted molar refractivity (Wildman–Crippen MR) is 41.2 cm³/mol. The monoisotopic (exact) mass is 171 g/mol. The van der Waals surface area contributed by atoms with E-state index in [1.807, 2.05) is 5.38 Å². The highest BCUT2D eigenvalue weighted by Gasteiger charge is 2.25. The largest absolute Gasteiger partial charge is 0.370 e. The van der Waals surface area contributed by atoms with Crippen molar-refractivity contribution in [1.82, 2.24) is 9.59 Å². The van der Waals surface area contributed by atoms with Gasteiger partial charge in [0.2, 0.25) is 0 Å². The number of nitrogens with two attached hydrogens (primary N) is 1. The minimum absolute atomic E-state index is 0.0868. The van der Waals surface area contributed by atoms with E-state index in [4.69, 9.17) is 10.5 Å². The second-order valence-corrected chi connectivity index (χ2v) is 3.26. The highest BCUT2D eigenvalue weighted by Crippen LogP contribution is 2.26. The first-order valence-electron chi connectivity index (χ1n) is 3.50. The highest BCUT2D eigenvalue weighted by molar-refractivity contribution is 7.03. The first-order valence-corrected chi connectivity index (χ1v) is 4.34. The lowest BCUT2D eigenvalue weighted by molar-refractivity contribution is 0.107. The fourth-order valence-corrected chi connectivity index (χ4v) is 1.66. The number of aromatic nitrogens is 2. The SMILES string of the molecule is NC1COC(c2csnn2)C1. The van der Waals surface area contributed by atoms with E-state index >= 15 is 0 Å². The Hall–Kier alpha value is -0.520. The van der Waals surface area contributed by atoms with E-state index in [0.29, 0.717) is 6.61 Å². The van der Waals surface area contributed by atoms with E-state index in [1.165, 1.54) is 11.5 Å². The van der Waals surface area contributed by atoms with Crippen LogP contribution < -0.4 is 5.73 Å². The summed E-state index contributed by atoms with van der Waals surface area (Å²) in [5.74, 6) is 0. The molecule has 0 bridgehead atoms. The van der Waals surface area contributed by atoms with E-state index < -0.39 is 0 Å². The molecular formula is C6H9N3OS. The Bertz CT molecular complexity index is 226. The summed E-state index contributed by atoms with van der Waals surface area (Å²) in [6.45, 7) is 0.641. The number of ether oxygens (including phenoxy) is 1. The Morgan fingerprint density at radius 3 is 3.18 bits per heavy atom. The van der Waals surface area contributed by atoms with Crippen LogP contribution in [-0.2, 0) is 4.74 Å². The van der Waals surface area contributed by atoms with Crippen molar-refractivity contribution in [3.05, 3.63) is 11.1 Å². The molecule has 0 aromatic carbocycles. The summed E-state index contributed by atoms with van der Waals surface area (Å²) >= 11 is 1.35. The van der Waals surface area contributed by atoms with Crippen molar-refractivity contribution in [2.75, 3.05) is 6.61 Å². The van der Waals surface area contributed by atoms with Gasteiger partial charge in [-0.3, -0.25) is 0 Å². The standard InChI is InChI=1S/C6H9N3OS/c7-4-1-6(10-2-4)5-3-11-9-8-5/h3-4,6H,1-2,7H2. The van der Waals surface area contributed by atoms with Gasteiger partial charge in [-0.25, -0.2) is 0 Å². The minimum Gasteiger partial charge on any atom is -0.370 e. The van der Waals surface area contributed by atoms with Crippen molar-refractivity contribution in [2.24, 2.45) is 5.73 Å². The Morgan fingerprint density at radius 2 is 2.64 bits per heavy atom. The van der Waals surface area contributed by atoms with Crippen molar-refractivity contribution in [2.45, 2.75) is 18.6 Å². The minimum atomic E-state index is 0.0868. The van der Waals surface area contributed by atoms with Crippen molar-refractivity contribution in [3.63, 3.8) is 0 Å². The van der Waals surface area contributed by atoms with Gasteiger partial charge in [0.05, 0.1) is 6.61 Å². The summed E-state index contributed by atoms with van der Waals surface area (Å²) < 4.78 is 9.15. The first-order chi connectivity index (χ1) is 5.36. The zero-order valence-electron chi connectivity index (χ0n) is 5.93. The maximum Gasteiger partial charge on any atom is 0.104 e. The third-order valence-electron chi connectivity index (χ3n) is 1.74. The Morgan fingerprint density at radius 1 is 1.73 bits per heavy atom. The first kappa shape index (κ1) is 7.15. The maximum absolute atomic E-state index is 5.66. The van der Waals surface area contributed by atoms with Crippen molar-refractivity contribution in [3.8, 4) is 0 Å². The van der Waals surface area contributed by atoms with Gasteiger partial charge >= 0.3 is 0 Å². The van der Waals surface area contributed by atoms with Crippen LogP contribution in [-0.4, -0.2) is 22.2 Å². The van der Waals surface area contributed by atoms with Crippen molar-refractivity contribution >= 4 is 11.5 Å². The fourth-order valence-electron chi connectivity index (χ4n) is 1.17. The van der Waals surface area contributed by atoms with Gasteiger partial charge in [0.1, 0.15) is 11.8 Å². The zero-order chi connectivity index (χ0) is 7.68. The summed E-state index contributed by atoms with van der Waals surface area (Å²) in [7, 11) is 0. The van der Waals surface area contributed by atoms with Crippen LogP contribution in [0.2, 0.25) is 0 Å². The summed E-state index contributed by atoms with van der Waals surface area (Å²) in [5.41, 5.74) is 6.58. The van der Waals surface area contributed by atoms with Gasteiger partial charge in [0, 0.05) is 11.4 Å². The highest BCUT2D eigenvalue weighted by atomic mass is 32.1. The molecule has 0 spiro atoms. The van der Waals surface area contributed by atoms with Crippen LogP contribution in [0.4, 0.5) is 0 Å². The van der Waals surface area contributed by atoms with Crippen LogP contribution in [0.3, 0.4) is 0 Å². The predicted octanol–water partition coefficient (Wildman–Crippen LogP) is 0.327. The number of hydrogen-bond acceptors (Lipinski definition) is 5. The molecule has 1 saturated heterocycles. The molecule has 4 nitrogen and oxygen atoms in total. The normalized spacial score (nSPS) is 31.0. The van der Waals surface area contributed by atoms with E-state index in [-0.39, 0.29) is 12.1 Å². The lowest BCUT2D eigenvalue weighted by Crippen LogP contribution is -2.18. The summed E-state index contributed by atoms with van der Waals surface area (Å²) in [6, 6.07) is 0.168. The molecule has 0 radical (unpaired) electrons. The van der Waals surface area contributed by atoms with Gasteiger partial charge in [0.25, 0.3) is 0 Å². The smallest absolute Gasteiger partial charge is 0.104 e. The maximum atomic E-state index is 5.66. The second-order valence-electron chi connectivity index (χ2n) is 2.65. The molecule has 2 N–H and O–H groups in total. The second kappa shape index (κ2) is 2.84. The molecule has 1 fully saturated rings. The van der Waals surface area contributed by atoms with Gasteiger partial charge in [-0.2, -0.15) is 0 Å². The molecule has 60 valence electrons. The van der Waals surface area contributed by atoms with Crippen LogP contribution in [0.5, 0.6) is 0 Å². The number of hydrogen-bond donors (Lipinski definition) is 1.